The third kappa shape index (κ3) is 3.35. The molecule has 0 saturated carbocycles. The van der Waals surface area contributed by atoms with Crippen molar-refractivity contribution in [1.82, 2.24) is 9.97 Å². The van der Waals surface area contributed by atoms with Crippen molar-refractivity contribution >= 4 is 29.1 Å². The molecule has 0 saturated heterocycles. The Morgan fingerprint density at radius 1 is 0.933 bits per heavy atom. The van der Waals surface area contributed by atoms with Crippen LogP contribution in [-0.4, -0.2) is 39.5 Å². The number of carbonyl (C=O) groups is 4. The molecule has 0 bridgehead atoms. The van der Waals surface area contributed by atoms with Gasteiger partial charge in [0.15, 0.2) is 23.4 Å². The van der Waals surface area contributed by atoms with Crippen molar-refractivity contribution in [2.75, 3.05) is 5.32 Å². The molecule has 1 heterocycles. The third-order valence-corrected chi connectivity index (χ3v) is 4.64. The Kier molecular flexibility index (Phi) is 4.89. The van der Waals surface area contributed by atoms with Crippen LogP contribution in [0, 0.1) is 0 Å². The van der Waals surface area contributed by atoms with Gasteiger partial charge >= 0.3 is 5.97 Å². The van der Waals surface area contributed by atoms with E-state index in [-0.39, 0.29) is 39.6 Å². The first-order chi connectivity index (χ1) is 14.5. The zero-order chi connectivity index (χ0) is 21.3. The normalized spacial score (nSPS) is 13.1. The smallest absolute Gasteiger partial charge is 0.359 e. The summed E-state index contributed by atoms with van der Waals surface area (Å²) < 4.78 is 5.11. The van der Waals surface area contributed by atoms with Crippen LogP contribution >= 0.6 is 0 Å². The van der Waals surface area contributed by atoms with E-state index in [1.54, 1.807) is 36.4 Å². The number of rotatable bonds is 4. The van der Waals surface area contributed by atoms with Crippen molar-refractivity contribution in [3.05, 3.63) is 89.0 Å². The maximum Gasteiger partial charge on any atom is 0.359 e. The van der Waals surface area contributed by atoms with Gasteiger partial charge in [0.1, 0.15) is 0 Å². The number of carbonyl (C=O) groups excluding carboxylic acids is 4. The highest BCUT2D eigenvalue weighted by Gasteiger charge is 2.32. The van der Waals surface area contributed by atoms with Crippen LogP contribution in [0.1, 0.15) is 49.3 Å². The summed E-state index contributed by atoms with van der Waals surface area (Å²) >= 11 is 0. The van der Waals surface area contributed by atoms with Crippen LogP contribution in [0.5, 0.6) is 0 Å². The van der Waals surface area contributed by atoms with Gasteiger partial charge in [-0.2, -0.15) is 0 Å². The van der Waals surface area contributed by atoms with Crippen LogP contribution in [-0.2, 0) is 9.53 Å². The number of hydrogen-bond acceptors (Lipinski definition) is 7. The fourth-order valence-electron chi connectivity index (χ4n) is 3.16. The highest BCUT2D eigenvalue weighted by molar-refractivity contribution is 6.30. The van der Waals surface area contributed by atoms with Gasteiger partial charge in [-0.15, -0.1) is 0 Å². The Balaban J connectivity index is 1.57. The maximum absolute atomic E-state index is 13.0. The average Bonchev–Trinajstić information content (AvgIpc) is 2.78. The van der Waals surface area contributed by atoms with Crippen LogP contribution in [0.25, 0.3) is 0 Å². The number of fused-ring (bicyclic) bond motifs is 2. The number of ketones is 2. The zero-order valence-electron chi connectivity index (χ0n) is 15.8. The predicted octanol–water partition coefficient (Wildman–Crippen LogP) is 2.44. The highest BCUT2D eigenvalue weighted by Crippen LogP contribution is 2.32. The van der Waals surface area contributed by atoms with E-state index >= 15 is 0 Å². The lowest BCUT2D eigenvalue weighted by Gasteiger charge is -2.21. The topological polar surface area (TPSA) is 115 Å². The number of ether oxygens (including phenoxy) is 1. The summed E-state index contributed by atoms with van der Waals surface area (Å²) in [6, 6.07) is 11.2. The first-order valence-corrected chi connectivity index (χ1v) is 9.06. The first kappa shape index (κ1) is 19.1. The second-order valence-corrected chi connectivity index (χ2v) is 6.56. The van der Waals surface area contributed by atoms with Gasteiger partial charge in [-0.3, -0.25) is 19.4 Å². The fraction of sp³-hybridized carbons (Fsp3) is 0.0909. The Morgan fingerprint density at radius 2 is 1.63 bits per heavy atom. The molecule has 1 N–H and O–H groups in total. The zero-order valence-corrected chi connectivity index (χ0v) is 15.8. The molecule has 1 aliphatic rings. The van der Waals surface area contributed by atoms with Crippen LogP contribution in [0.3, 0.4) is 0 Å². The lowest BCUT2D eigenvalue weighted by atomic mass is 9.83. The van der Waals surface area contributed by atoms with Gasteiger partial charge in [0.05, 0.1) is 17.4 Å². The van der Waals surface area contributed by atoms with Gasteiger partial charge in [-0.05, 0) is 13.0 Å². The number of hydrogen-bond donors (Lipinski definition) is 1. The van der Waals surface area contributed by atoms with Gasteiger partial charge in [-0.1, -0.05) is 36.4 Å². The molecule has 3 aromatic rings. The monoisotopic (exact) mass is 401 g/mol. The quantitative estimate of drug-likeness (QED) is 0.522. The van der Waals surface area contributed by atoms with Gasteiger partial charge in [0, 0.05) is 29.1 Å². The number of nitrogens with one attached hydrogen (secondary N) is 1. The van der Waals surface area contributed by atoms with E-state index < -0.39 is 18.0 Å². The molecule has 8 nitrogen and oxygen atoms in total. The predicted molar refractivity (Wildman–Crippen MR) is 105 cm³/mol. The molecule has 0 fully saturated rings. The average molecular weight is 401 g/mol. The van der Waals surface area contributed by atoms with Gasteiger partial charge in [0.2, 0.25) is 0 Å². The molecule has 0 spiro atoms. The number of nitrogens with zero attached hydrogens (tertiary/aromatic N) is 2. The van der Waals surface area contributed by atoms with Gasteiger partial charge in [0.25, 0.3) is 5.91 Å². The maximum atomic E-state index is 13.0. The van der Waals surface area contributed by atoms with E-state index in [1.807, 2.05) is 0 Å². The summed E-state index contributed by atoms with van der Waals surface area (Å²) in [5.74, 6) is -2.11. The van der Waals surface area contributed by atoms with E-state index in [4.69, 9.17) is 4.74 Å². The second kappa shape index (κ2) is 7.67. The molecule has 1 aliphatic carbocycles. The molecule has 2 aromatic carbocycles. The Hall–Kier alpha value is -4.20. The number of amides is 1. The van der Waals surface area contributed by atoms with E-state index in [0.717, 1.165) is 0 Å². The summed E-state index contributed by atoms with van der Waals surface area (Å²) in [6.07, 6.45) is 2.79. The van der Waals surface area contributed by atoms with Crippen molar-refractivity contribution in [3.63, 3.8) is 0 Å². The lowest BCUT2D eigenvalue weighted by molar-refractivity contribution is -0.123. The largest absolute Gasteiger partial charge is 0.448 e. The number of esters is 1. The van der Waals surface area contributed by atoms with Crippen LogP contribution in [0.15, 0.2) is 61.1 Å². The molecule has 0 radical (unpaired) electrons. The van der Waals surface area contributed by atoms with Crippen molar-refractivity contribution in [3.8, 4) is 0 Å². The van der Waals surface area contributed by atoms with Crippen molar-refractivity contribution in [2.45, 2.75) is 13.0 Å². The van der Waals surface area contributed by atoms with Crippen molar-refractivity contribution in [2.24, 2.45) is 0 Å². The summed E-state index contributed by atoms with van der Waals surface area (Å²) in [5, 5.41) is 2.58. The summed E-state index contributed by atoms with van der Waals surface area (Å²) in [5.41, 5.74) is 1.06. The third-order valence-electron chi connectivity index (χ3n) is 4.64. The summed E-state index contributed by atoms with van der Waals surface area (Å²) in [4.78, 5) is 58.0. The molecular weight excluding hydrogens is 386 g/mol. The molecule has 30 heavy (non-hydrogen) atoms. The Morgan fingerprint density at radius 3 is 2.33 bits per heavy atom. The number of anilines is 1. The van der Waals surface area contributed by atoms with Gasteiger partial charge in [-0.25, -0.2) is 9.78 Å². The summed E-state index contributed by atoms with van der Waals surface area (Å²) in [6.45, 7) is 1.39. The van der Waals surface area contributed by atoms with E-state index in [2.05, 4.69) is 15.3 Å². The second-order valence-electron chi connectivity index (χ2n) is 6.56. The molecule has 1 atom stereocenters. The molecule has 4 rings (SSSR count). The molecular formula is C22H15N3O5. The SMILES string of the molecule is CC(OC(=O)c1cnccn1)C(=O)Nc1cccc2c1C(=O)c1ccccc1C2=O. The molecule has 0 aliphatic heterocycles. The van der Waals surface area contributed by atoms with Gasteiger partial charge < -0.3 is 10.1 Å². The number of aromatic nitrogens is 2. The van der Waals surface area contributed by atoms with Crippen LogP contribution in [0.2, 0.25) is 0 Å². The Bertz CT molecular complexity index is 1190. The highest BCUT2D eigenvalue weighted by atomic mass is 16.5. The summed E-state index contributed by atoms with van der Waals surface area (Å²) in [7, 11) is 0. The fourth-order valence-corrected chi connectivity index (χ4v) is 3.16. The van der Waals surface area contributed by atoms with Crippen LogP contribution < -0.4 is 5.32 Å². The minimum atomic E-state index is -1.17. The van der Waals surface area contributed by atoms with Crippen molar-refractivity contribution in [1.29, 1.82) is 0 Å². The lowest BCUT2D eigenvalue weighted by Crippen LogP contribution is -2.31. The first-order valence-electron chi connectivity index (χ1n) is 9.06. The van der Waals surface area contributed by atoms with Crippen LogP contribution in [0.4, 0.5) is 5.69 Å². The number of benzene rings is 2. The van der Waals surface area contributed by atoms with E-state index in [0.29, 0.717) is 5.56 Å². The molecule has 1 unspecified atom stereocenters. The Labute approximate surface area is 170 Å². The van der Waals surface area contributed by atoms with Crippen molar-refractivity contribution < 1.29 is 23.9 Å². The minimum Gasteiger partial charge on any atom is -0.448 e. The standard InChI is InChI=1S/C22H15N3O5/c1-12(30-22(29)17-11-23-9-10-24-17)21(28)25-16-8-4-7-15-18(16)20(27)14-6-3-2-5-13(14)19(15)26/h2-12H,1H3,(H,25,28). The molecule has 148 valence electrons. The van der Waals surface area contributed by atoms with E-state index in [9.17, 15) is 19.2 Å². The minimum absolute atomic E-state index is 0.0355. The molecule has 1 aromatic heterocycles. The molecule has 1 amide bonds. The molecule has 8 heteroatoms. The van der Waals surface area contributed by atoms with E-state index in [1.165, 1.54) is 31.6 Å².